The lowest BCUT2D eigenvalue weighted by molar-refractivity contribution is 0.109. The van der Waals surface area contributed by atoms with E-state index in [1.54, 1.807) is 12.1 Å². The number of nitrogens with zero attached hydrogens (tertiary/aromatic N) is 1. The van der Waals surface area contributed by atoms with Crippen LogP contribution in [0, 0.1) is 5.82 Å². The summed E-state index contributed by atoms with van der Waals surface area (Å²) in [7, 11) is -2.94. The number of hydrogen-bond acceptors (Lipinski definition) is 4. The second-order valence-corrected chi connectivity index (χ2v) is 8.04. The molecule has 1 atom stereocenters. The van der Waals surface area contributed by atoms with Gasteiger partial charge in [-0.25, -0.2) is 12.8 Å². The fourth-order valence-corrected chi connectivity index (χ4v) is 3.06. The number of aliphatic hydroxyl groups is 1. The molecule has 1 aromatic carbocycles. The second kappa shape index (κ2) is 6.85. The highest BCUT2D eigenvalue weighted by atomic mass is 32.2. The summed E-state index contributed by atoms with van der Waals surface area (Å²) in [6.45, 7) is 1.12. The molecule has 1 N–H and O–H groups in total. The molecule has 0 aliphatic heterocycles. The SMILES string of the molecule is CS(=O)(=O)CCCN(CC(O)c1ccc(F)cc1)C1CC1. The van der Waals surface area contributed by atoms with Crippen LogP contribution in [0.4, 0.5) is 4.39 Å². The lowest BCUT2D eigenvalue weighted by atomic mass is 10.1. The van der Waals surface area contributed by atoms with Gasteiger partial charge in [-0.15, -0.1) is 0 Å². The number of rotatable bonds is 8. The number of sulfone groups is 1. The smallest absolute Gasteiger partial charge is 0.147 e. The maximum absolute atomic E-state index is 12.9. The van der Waals surface area contributed by atoms with E-state index in [1.807, 2.05) is 0 Å². The van der Waals surface area contributed by atoms with Crippen LogP contribution >= 0.6 is 0 Å². The first-order valence-electron chi connectivity index (χ1n) is 7.20. The van der Waals surface area contributed by atoms with Crippen LogP contribution in [-0.4, -0.2) is 49.6 Å². The molecule has 118 valence electrons. The third-order valence-corrected chi connectivity index (χ3v) is 4.72. The molecule has 0 spiro atoms. The second-order valence-electron chi connectivity index (χ2n) is 5.78. The molecular weight excluding hydrogens is 293 g/mol. The molecule has 0 aromatic heterocycles. The molecule has 6 heteroatoms. The Morgan fingerprint density at radius 1 is 1.33 bits per heavy atom. The first-order chi connectivity index (χ1) is 9.85. The normalized spacial score (nSPS) is 17.1. The predicted octanol–water partition coefficient (Wildman–Crippen LogP) is 1.76. The zero-order chi connectivity index (χ0) is 15.5. The van der Waals surface area contributed by atoms with E-state index in [4.69, 9.17) is 0 Å². The van der Waals surface area contributed by atoms with E-state index in [-0.39, 0.29) is 11.6 Å². The van der Waals surface area contributed by atoms with E-state index >= 15 is 0 Å². The average Bonchev–Trinajstić information content (AvgIpc) is 3.21. The molecule has 0 saturated heterocycles. The first kappa shape index (κ1) is 16.4. The zero-order valence-electron chi connectivity index (χ0n) is 12.2. The van der Waals surface area contributed by atoms with E-state index in [9.17, 15) is 17.9 Å². The van der Waals surface area contributed by atoms with Gasteiger partial charge >= 0.3 is 0 Å². The van der Waals surface area contributed by atoms with E-state index in [0.717, 1.165) is 12.8 Å². The fourth-order valence-electron chi connectivity index (χ4n) is 2.40. The van der Waals surface area contributed by atoms with Gasteiger partial charge in [-0.05, 0) is 43.5 Å². The molecule has 1 aliphatic rings. The Labute approximate surface area is 125 Å². The molecular formula is C15H22FNO3S. The predicted molar refractivity (Wildman–Crippen MR) is 80.3 cm³/mol. The van der Waals surface area contributed by atoms with Crippen LogP contribution in [0.1, 0.15) is 30.9 Å². The maximum Gasteiger partial charge on any atom is 0.147 e. The summed E-state index contributed by atoms with van der Waals surface area (Å²) in [5, 5.41) is 10.2. The van der Waals surface area contributed by atoms with Gasteiger partial charge in [-0.2, -0.15) is 0 Å². The van der Waals surface area contributed by atoms with Gasteiger partial charge in [0.05, 0.1) is 11.9 Å². The van der Waals surface area contributed by atoms with E-state index in [1.165, 1.54) is 18.4 Å². The molecule has 1 fully saturated rings. The molecule has 0 amide bonds. The molecule has 21 heavy (non-hydrogen) atoms. The summed E-state index contributed by atoms with van der Waals surface area (Å²) in [6, 6.07) is 6.29. The van der Waals surface area contributed by atoms with Crippen molar-refractivity contribution in [2.45, 2.75) is 31.4 Å². The van der Waals surface area contributed by atoms with Crippen molar-refractivity contribution in [3.63, 3.8) is 0 Å². The molecule has 1 aromatic rings. The molecule has 1 aliphatic carbocycles. The van der Waals surface area contributed by atoms with Gasteiger partial charge in [0, 0.05) is 18.8 Å². The highest BCUT2D eigenvalue weighted by Crippen LogP contribution is 2.29. The largest absolute Gasteiger partial charge is 0.387 e. The minimum atomic E-state index is -2.94. The van der Waals surface area contributed by atoms with Crippen LogP contribution in [0.15, 0.2) is 24.3 Å². The van der Waals surface area contributed by atoms with Gasteiger partial charge in [-0.3, -0.25) is 4.90 Å². The molecule has 4 nitrogen and oxygen atoms in total. The molecule has 0 bridgehead atoms. The van der Waals surface area contributed by atoms with Crippen molar-refractivity contribution in [1.29, 1.82) is 0 Å². The van der Waals surface area contributed by atoms with Crippen LogP contribution in [0.25, 0.3) is 0 Å². The molecule has 0 heterocycles. The van der Waals surface area contributed by atoms with Gasteiger partial charge < -0.3 is 5.11 Å². The molecule has 2 rings (SSSR count). The third-order valence-electron chi connectivity index (χ3n) is 3.69. The van der Waals surface area contributed by atoms with Crippen LogP contribution < -0.4 is 0 Å². The number of aliphatic hydroxyl groups excluding tert-OH is 1. The summed E-state index contributed by atoms with van der Waals surface area (Å²) in [5.41, 5.74) is 0.685. The summed E-state index contributed by atoms with van der Waals surface area (Å²) >= 11 is 0. The highest BCUT2D eigenvalue weighted by Gasteiger charge is 2.30. The van der Waals surface area contributed by atoms with Crippen molar-refractivity contribution in [3.8, 4) is 0 Å². The Morgan fingerprint density at radius 3 is 2.48 bits per heavy atom. The Hall–Kier alpha value is -0.980. The Kier molecular flexibility index (Phi) is 5.35. The van der Waals surface area contributed by atoms with Crippen LogP contribution in [0.2, 0.25) is 0 Å². The summed E-state index contributed by atoms with van der Waals surface area (Å²) in [4.78, 5) is 2.14. The quantitative estimate of drug-likeness (QED) is 0.794. The van der Waals surface area contributed by atoms with Gasteiger partial charge in [0.2, 0.25) is 0 Å². The standard InChI is InChI=1S/C15H22FNO3S/c1-21(19,20)10-2-9-17(14-7-8-14)11-15(18)12-3-5-13(16)6-4-12/h3-6,14-15,18H,2,7-11H2,1H3. The minimum Gasteiger partial charge on any atom is -0.387 e. The minimum absolute atomic E-state index is 0.170. The highest BCUT2D eigenvalue weighted by molar-refractivity contribution is 7.90. The van der Waals surface area contributed by atoms with Gasteiger partial charge in [0.1, 0.15) is 15.7 Å². The van der Waals surface area contributed by atoms with Crippen LogP contribution in [-0.2, 0) is 9.84 Å². The monoisotopic (exact) mass is 315 g/mol. The molecule has 0 radical (unpaired) electrons. The maximum atomic E-state index is 12.9. The van der Waals surface area contributed by atoms with Crippen molar-refractivity contribution in [2.24, 2.45) is 0 Å². The van der Waals surface area contributed by atoms with Gasteiger partial charge in [0.25, 0.3) is 0 Å². The van der Waals surface area contributed by atoms with Crippen LogP contribution in [0.3, 0.4) is 0 Å². The van der Waals surface area contributed by atoms with Gasteiger partial charge in [-0.1, -0.05) is 12.1 Å². The summed E-state index contributed by atoms with van der Waals surface area (Å²) in [6.07, 6.45) is 3.32. The van der Waals surface area contributed by atoms with E-state index < -0.39 is 15.9 Å². The third kappa shape index (κ3) is 5.73. The number of hydrogen-bond donors (Lipinski definition) is 1. The average molecular weight is 315 g/mol. The molecule has 1 unspecified atom stereocenters. The van der Waals surface area contributed by atoms with Crippen molar-refractivity contribution in [2.75, 3.05) is 25.1 Å². The Morgan fingerprint density at radius 2 is 1.95 bits per heavy atom. The number of benzene rings is 1. The zero-order valence-corrected chi connectivity index (χ0v) is 13.0. The Bertz CT molecular complexity index is 555. The summed E-state index contributed by atoms with van der Waals surface area (Å²) < 4.78 is 35.2. The first-order valence-corrected chi connectivity index (χ1v) is 9.26. The van der Waals surface area contributed by atoms with Crippen LogP contribution in [0.5, 0.6) is 0 Å². The Balaban J connectivity index is 1.88. The van der Waals surface area contributed by atoms with Gasteiger partial charge in [0.15, 0.2) is 0 Å². The fraction of sp³-hybridized carbons (Fsp3) is 0.600. The number of halogens is 1. The topological polar surface area (TPSA) is 57.6 Å². The van der Waals surface area contributed by atoms with Crippen molar-refractivity contribution >= 4 is 9.84 Å². The lowest BCUT2D eigenvalue weighted by Gasteiger charge is -2.25. The lowest BCUT2D eigenvalue weighted by Crippen LogP contribution is -2.32. The van der Waals surface area contributed by atoms with Crippen molar-refractivity contribution in [1.82, 2.24) is 4.90 Å². The summed E-state index contributed by atoms with van der Waals surface area (Å²) in [5.74, 6) is -0.152. The van der Waals surface area contributed by atoms with E-state index in [0.29, 0.717) is 31.1 Å². The van der Waals surface area contributed by atoms with Crippen molar-refractivity contribution in [3.05, 3.63) is 35.6 Å². The molecule has 1 saturated carbocycles. The van der Waals surface area contributed by atoms with E-state index in [2.05, 4.69) is 4.90 Å². The van der Waals surface area contributed by atoms with Crippen molar-refractivity contribution < 1.29 is 17.9 Å².